The van der Waals surface area contributed by atoms with Gasteiger partial charge >= 0.3 is 0 Å². The van der Waals surface area contributed by atoms with Crippen molar-refractivity contribution in [3.63, 3.8) is 0 Å². The molecule has 6 rings (SSSR count). The summed E-state index contributed by atoms with van der Waals surface area (Å²) in [5.41, 5.74) is 7.55. The maximum Gasteiger partial charge on any atom is 0.254 e. The fourth-order valence-corrected chi connectivity index (χ4v) is 4.89. The molecule has 0 saturated carbocycles. The van der Waals surface area contributed by atoms with Gasteiger partial charge < -0.3 is 35.1 Å². The van der Waals surface area contributed by atoms with Gasteiger partial charge in [-0.05, 0) is 18.2 Å². The maximum absolute atomic E-state index is 14.7. The topological polar surface area (TPSA) is 176 Å². The highest BCUT2D eigenvalue weighted by molar-refractivity contribution is 5.95. The van der Waals surface area contributed by atoms with Gasteiger partial charge in [0.1, 0.15) is 11.6 Å². The first-order valence-corrected chi connectivity index (χ1v) is 13.3. The molecular formula is C26H28F2N10O4. The van der Waals surface area contributed by atoms with Crippen molar-refractivity contribution < 1.29 is 28.2 Å². The zero-order valence-electron chi connectivity index (χ0n) is 22.3. The minimum Gasteiger partial charge on any atom is -0.461 e. The number of aliphatic hydroxyl groups excluding tert-OH is 2. The van der Waals surface area contributed by atoms with E-state index in [0.29, 0.717) is 73.7 Å². The largest absolute Gasteiger partial charge is 0.461 e. The van der Waals surface area contributed by atoms with Gasteiger partial charge in [0, 0.05) is 51.9 Å². The molecule has 42 heavy (non-hydrogen) atoms. The van der Waals surface area contributed by atoms with Gasteiger partial charge in [-0.2, -0.15) is 9.50 Å². The van der Waals surface area contributed by atoms with Crippen molar-refractivity contribution in [2.24, 2.45) is 0 Å². The Morgan fingerprint density at radius 2 is 1.93 bits per heavy atom. The predicted octanol–water partition coefficient (Wildman–Crippen LogP) is 0.500. The molecule has 4 aromatic heterocycles. The minimum absolute atomic E-state index is 0.121. The number of nitrogen functional groups attached to an aromatic ring is 1. The molecule has 0 aliphatic carbocycles. The normalized spacial score (nSPS) is 15.1. The van der Waals surface area contributed by atoms with E-state index in [2.05, 4.69) is 30.3 Å². The van der Waals surface area contributed by atoms with Crippen LogP contribution in [-0.4, -0.2) is 102 Å². The number of anilines is 2. The number of nitrogens with zero attached hydrogens (tertiary/aromatic N) is 8. The number of nitrogens with one attached hydrogen (secondary N) is 1. The van der Waals surface area contributed by atoms with Crippen LogP contribution in [0.15, 0.2) is 41.3 Å². The van der Waals surface area contributed by atoms with Gasteiger partial charge in [-0.3, -0.25) is 9.69 Å². The molecule has 5 heterocycles. The van der Waals surface area contributed by atoms with Gasteiger partial charge in [0.05, 0.1) is 36.6 Å². The molecule has 14 nitrogen and oxygen atoms in total. The number of benzene rings is 1. The zero-order chi connectivity index (χ0) is 29.4. The lowest BCUT2D eigenvalue weighted by atomic mass is 10.1. The Morgan fingerprint density at radius 3 is 2.67 bits per heavy atom. The number of fused-ring (bicyclic) bond motifs is 3. The highest BCUT2D eigenvalue weighted by Crippen LogP contribution is 2.26. The van der Waals surface area contributed by atoms with Crippen LogP contribution in [0.25, 0.3) is 28.4 Å². The molecule has 0 unspecified atom stereocenters. The van der Waals surface area contributed by atoms with Gasteiger partial charge in [-0.1, -0.05) is 0 Å². The van der Waals surface area contributed by atoms with Crippen LogP contribution in [0, 0.1) is 11.6 Å². The first kappa shape index (κ1) is 27.5. The number of hydrogen-bond acceptors (Lipinski definition) is 11. The molecule has 5 aromatic rings. The Morgan fingerprint density at radius 1 is 1.12 bits per heavy atom. The predicted molar refractivity (Wildman–Crippen MR) is 147 cm³/mol. The van der Waals surface area contributed by atoms with Crippen LogP contribution in [0.2, 0.25) is 0 Å². The third-order valence-electron chi connectivity index (χ3n) is 7.17. The van der Waals surface area contributed by atoms with Crippen LogP contribution >= 0.6 is 0 Å². The van der Waals surface area contributed by atoms with Crippen molar-refractivity contribution in [2.75, 3.05) is 56.5 Å². The zero-order valence-corrected chi connectivity index (χ0v) is 22.3. The number of carbonyl (C=O) groups excluding carboxylic acids is 1. The highest BCUT2D eigenvalue weighted by atomic mass is 19.1. The number of carbonyl (C=O) groups is 1. The summed E-state index contributed by atoms with van der Waals surface area (Å²) >= 11 is 0. The van der Waals surface area contributed by atoms with Crippen molar-refractivity contribution in [3.8, 4) is 11.6 Å². The van der Waals surface area contributed by atoms with E-state index in [-0.39, 0.29) is 23.7 Å². The standard InChI is InChI=1S/C26H28F2N10O4/c27-17-11-18(28)19(10-16(17)25(41)30-12-15(40)13-39)36-6-3-35(4-7-36)5-8-37-14-31-21-23(37)33-26(29)38-24(21)32-22(34-38)20-2-1-9-42-20/h1-2,9-11,14-15,39-40H,3-8,12-13H2,(H2,29,33)(H,30,41)/t15-/m1/s1. The molecule has 0 spiro atoms. The summed E-state index contributed by atoms with van der Waals surface area (Å²) in [4.78, 5) is 29.9. The maximum atomic E-state index is 14.7. The molecule has 220 valence electrons. The lowest BCUT2D eigenvalue weighted by Gasteiger charge is -2.36. The Kier molecular flexibility index (Phi) is 7.40. The van der Waals surface area contributed by atoms with E-state index in [4.69, 9.17) is 15.3 Å². The summed E-state index contributed by atoms with van der Waals surface area (Å²) in [5, 5.41) is 25.1. The van der Waals surface area contributed by atoms with E-state index >= 15 is 0 Å². The molecule has 5 N–H and O–H groups in total. The van der Waals surface area contributed by atoms with Gasteiger partial charge in [0.15, 0.2) is 22.6 Å². The van der Waals surface area contributed by atoms with Crippen LogP contribution in [0.4, 0.5) is 20.4 Å². The van der Waals surface area contributed by atoms with Crippen molar-refractivity contribution in [2.45, 2.75) is 12.6 Å². The number of rotatable bonds is 9. The second kappa shape index (κ2) is 11.3. The first-order valence-electron chi connectivity index (χ1n) is 13.3. The van der Waals surface area contributed by atoms with Gasteiger partial charge in [0.2, 0.25) is 11.8 Å². The summed E-state index contributed by atoms with van der Waals surface area (Å²) in [6.07, 6.45) is 2.03. The van der Waals surface area contributed by atoms with Gasteiger partial charge in [-0.25, -0.2) is 18.7 Å². The molecule has 1 fully saturated rings. The Labute approximate surface area is 237 Å². The smallest absolute Gasteiger partial charge is 0.254 e. The van der Waals surface area contributed by atoms with E-state index in [1.165, 1.54) is 16.8 Å². The molecule has 0 radical (unpaired) electrons. The summed E-state index contributed by atoms with van der Waals surface area (Å²) < 4.78 is 37.8. The number of aromatic nitrogens is 6. The molecule has 16 heteroatoms. The van der Waals surface area contributed by atoms with E-state index < -0.39 is 30.3 Å². The SMILES string of the molecule is Nc1nc2c(ncn2CCN2CCN(c3cc(C(=O)NC[C@@H](O)CO)c(F)cc3F)CC2)c2nc(-c3ccco3)nn12. The van der Waals surface area contributed by atoms with E-state index in [9.17, 15) is 18.7 Å². The second-order valence-corrected chi connectivity index (χ2v) is 9.89. The van der Waals surface area contributed by atoms with Gasteiger partial charge in [-0.15, -0.1) is 5.10 Å². The average molecular weight is 583 g/mol. The number of amides is 1. The molecule has 1 atom stereocenters. The summed E-state index contributed by atoms with van der Waals surface area (Å²) in [7, 11) is 0. The lowest BCUT2D eigenvalue weighted by molar-refractivity contribution is 0.0799. The van der Waals surface area contributed by atoms with Crippen molar-refractivity contribution >= 4 is 34.4 Å². The van der Waals surface area contributed by atoms with E-state index in [0.717, 1.165) is 0 Å². The molecular weight excluding hydrogens is 554 g/mol. The van der Waals surface area contributed by atoms with Crippen LogP contribution in [-0.2, 0) is 6.54 Å². The molecule has 0 bridgehead atoms. The van der Waals surface area contributed by atoms with Crippen LogP contribution in [0.5, 0.6) is 0 Å². The molecule has 1 aromatic carbocycles. The number of halogens is 2. The summed E-state index contributed by atoms with van der Waals surface area (Å²) in [5.74, 6) is -1.54. The number of imidazole rings is 1. The second-order valence-electron chi connectivity index (χ2n) is 9.89. The highest BCUT2D eigenvalue weighted by Gasteiger charge is 2.24. The van der Waals surface area contributed by atoms with Crippen LogP contribution in [0.3, 0.4) is 0 Å². The molecule has 1 saturated heterocycles. The summed E-state index contributed by atoms with van der Waals surface area (Å²) in [6.45, 7) is 2.52. The molecule has 1 aliphatic rings. The van der Waals surface area contributed by atoms with Crippen LogP contribution in [0.1, 0.15) is 10.4 Å². The number of nitrogens with two attached hydrogens (primary N) is 1. The van der Waals surface area contributed by atoms with Crippen molar-refractivity contribution in [1.82, 2.24) is 39.3 Å². The minimum atomic E-state index is -1.18. The number of piperazine rings is 1. The Balaban J connectivity index is 1.11. The third-order valence-corrected chi connectivity index (χ3v) is 7.17. The lowest BCUT2D eigenvalue weighted by Crippen LogP contribution is -2.47. The number of furan rings is 1. The fraction of sp³-hybridized carbons (Fsp3) is 0.346. The monoisotopic (exact) mass is 582 g/mol. The summed E-state index contributed by atoms with van der Waals surface area (Å²) in [6, 6.07) is 5.36. The fourth-order valence-electron chi connectivity index (χ4n) is 4.89. The molecule has 1 aliphatic heterocycles. The Hall–Kier alpha value is -4.67. The van der Waals surface area contributed by atoms with Crippen molar-refractivity contribution in [3.05, 3.63) is 54.1 Å². The quantitative estimate of drug-likeness (QED) is 0.190. The third kappa shape index (κ3) is 5.22. The van der Waals surface area contributed by atoms with Gasteiger partial charge in [0.25, 0.3) is 5.91 Å². The van der Waals surface area contributed by atoms with Crippen molar-refractivity contribution in [1.29, 1.82) is 0 Å². The van der Waals surface area contributed by atoms with E-state index in [1.807, 2.05) is 4.57 Å². The van der Waals surface area contributed by atoms with E-state index in [1.54, 1.807) is 23.4 Å². The average Bonchev–Trinajstić information content (AvgIpc) is 3.75. The number of aliphatic hydroxyl groups is 2. The first-order chi connectivity index (χ1) is 20.3. The molecule has 1 amide bonds. The Bertz CT molecular complexity index is 1730. The van der Waals surface area contributed by atoms with Crippen LogP contribution < -0.4 is 16.0 Å². The number of hydrogen-bond donors (Lipinski definition) is 4.